The second kappa shape index (κ2) is 9.10. The average Bonchev–Trinajstić information content (AvgIpc) is 2.47. The summed E-state index contributed by atoms with van der Waals surface area (Å²) >= 11 is 6.12. The minimum absolute atomic E-state index is 0.0254. The summed E-state index contributed by atoms with van der Waals surface area (Å²) in [6, 6.07) is 7.55. The van der Waals surface area contributed by atoms with E-state index >= 15 is 0 Å². The van der Waals surface area contributed by atoms with Gasteiger partial charge in [-0.2, -0.15) is 0 Å². The number of carbonyl (C=O) groups excluding carboxylic acids is 1. The maximum absolute atomic E-state index is 11.7. The summed E-state index contributed by atoms with van der Waals surface area (Å²) in [5.41, 5.74) is 1.91. The zero-order valence-electron chi connectivity index (χ0n) is 13.3. The minimum atomic E-state index is -0.0254. The van der Waals surface area contributed by atoms with Gasteiger partial charge in [-0.25, -0.2) is 4.99 Å². The number of amides is 1. The molecule has 0 saturated heterocycles. The van der Waals surface area contributed by atoms with Crippen LogP contribution in [0.2, 0.25) is 5.02 Å². The van der Waals surface area contributed by atoms with E-state index < -0.39 is 0 Å². The number of benzene rings is 1. The van der Waals surface area contributed by atoms with Gasteiger partial charge in [0.1, 0.15) is 0 Å². The van der Waals surface area contributed by atoms with E-state index in [1.807, 2.05) is 31.2 Å². The van der Waals surface area contributed by atoms with Gasteiger partial charge >= 0.3 is 0 Å². The summed E-state index contributed by atoms with van der Waals surface area (Å²) in [5, 5.41) is 6.81. The van der Waals surface area contributed by atoms with Crippen LogP contribution in [0.15, 0.2) is 41.4 Å². The summed E-state index contributed by atoms with van der Waals surface area (Å²) in [6.45, 7) is 6.96. The van der Waals surface area contributed by atoms with Crippen molar-refractivity contribution in [2.24, 2.45) is 4.99 Å². The molecule has 0 bridgehead atoms. The van der Waals surface area contributed by atoms with E-state index in [0.717, 1.165) is 11.1 Å². The lowest BCUT2D eigenvalue weighted by atomic mass is 10.2. The molecule has 0 atom stereocenters. The first kappa shape index (κ1) is 18.0. The Hall–Kier alpha value is -2.01. The molecule has 0 spiro atoms. The fourth-order valence-electron chi connectivity index (χ4n) is 1.52. The van der Waals surface area contributed by atoms with Gasteiger partial charge in [0.2, 0.25) is 5.91 Å². The number of hydrogen-bond acceptors (Lipinski definition) is 2. The highest BCUT2D eigenvalue weighted by atomic mass is 35.5. The van der Waals surface area contributed by atoms with Crippen molar-refractivity contribution in [3.8, 4) is 0 Å². The molecule has 0 radical (unpaired) electrons. The van der Waals surface area contributed by atoms with Gasteiger partial charge < -0.3 is 15.5 Å². The Kier molecular flexibility index (Phi) is 7.46. The molecule has 1 amide bonds. The maximum Gasteiger partial charge on any atom is 0.241 e. The number of nitrogens with one attached hydrogen (secondary N) is 2. The molecule has 0 unspecified atom stereocenters. The van der Waals surface area contributed by atoms with E-state index in [9.17, 15) is 4.79 Å². The lowest BCUT2D eigenvalue weighted by Crippen LogP contribution is -2.43. The van der Waals surface area contributed by atoms with Crippen LogP contribution in [-0.4, -0.2) is 44.0 Å². The molecule has 2 N–H and O–H groups in total. The Balaban J connectivity index is 2.71. The van der Waals surface area contributed by atoms with Gasteiger partial charge in [0.15, 0.2) is 5.96 Å². The number of rotatable bonds is 6. The predicted molar refractivity (Wildman–Crippen MR) is 92.1 cm³/mol. The SMILES string of the molecule is C=C(C)CNC(=NCc1ccccc1Cl)NCC(=O)N(C)C. The van der Waals surface area contributed by atoms with Gasteiger partial charge in [0.05, 0.1) is 13.1 Å². The molecule has 0 heterocycles. The summed E-state index contributed by atoms with van der Waals surface area (Å²) in [7, 11) is 3.43. The molecule has 0 saturated carbocycles. The molecule has 120 valence electrons. The van der Waals surface area contributed by atoms with Gasteiger partial charge in [-0.3, -0.25) is 4.79 Å². The van der Waals surface area contributed by atoms with Crippen LogP contribution < -0.4 is 10.6 Å². The Morgan fingerprint density at radius 3 is 2.50 bits per heavy atom. The fraction of sp³-hybridized carbons (Fsp3) is 0.375. The Labute approximate surface area is 137 Å². The van der Waals surface area contributed by atoms with E-state index in [0.29, 0.717) is 24.1 Å². The fourth-order valence-corrected chi connectivity index (χ4v) is 1.71. The molecule has 0 aliphatic rings. The van der Waals surface area contributed by atoms with Crippen LogP contribution in [-0.2, 0) is 11.3 Å². The molecule has 0 fully saturated rings. The zero-order chi connectivity index (χ0) is 16.5. The molecule has 1 aromatic carbocycles. The number of likely N-dealkylation sites (N-methyl/N-ethyl adjacent to an activating group) is 1. The van der Waals surface area contributed by atoms with Crippen molar-refractivity contribution in [2.75, 3.05) is 27.2 Å². The highest BCUT2D eigenvalue weighted by molar-refractivity contribution is 6.31. The van der Waals surface area contributed by atoms with Crippen molar-refractivity contribution >= 4 is 23.5 Å². The highest BCUT2D eigenvalue weighted by Gasteiger charge is 2.06. The lowest BCUT2D eigenvalue weighted by Gasteiger charge is -2.15. The molecular weight excluding hydrogens is 300 g/mol. The summed E-state index contributed by atoms with van der Waals surface area (Å²) in [4.78, 5) is 17.6. The molecule has 1 rings (SSSR count). The van der Waals surface area contributed by atoms with Crippen LogP contribution in [0.5, 0.6) is 0 Å². The number of carbonyl (C=O) groups is 1. The monoisotopic (exact) mass is 322 g/mol. The lowest BCUT2D eigenvalue weighted by molar-refractivity contribution is -0.127. The van der Waals surface area contributed by atoms with Gasteiger partial charge in [-0.05, 0) is 18.6 Å². The van der Waals surface area contributed by atoms with E-state index in [1.54, 1.807) is 14.1 Å². The van der Waals surface area contributed by atoms with Crippen LogP contribution in [0.4, 0.5) is 0 Å². The minimum Gasteiger partial charge on any atom is -0.353 e. The second-order valence-electron chi connectivity index (χ2n) is 5.21. The van der Waals surface area contributed by atoms with Crippen LogP contribution in [0.25, 0.3) is 0 Å². The normalized spacial score (nSPS) is 11.0. The van der Waals surface area contributed by atoms with Crippen LogP contribution >= 0.6 is 11.6 Å². The largest absolute Gasteiger partial charge is 0.353 e. The van der Waals surface area contributed by atoms with E-state index in [4.69, 9.17) is 11.6 Å². The standard InChI is InChI=1S/C16H23ClN4O/c1-12(2)9-18-16(20-11-15(22)21(3)4)19-10-13-7-5-6-8-14(13)17/h5-8H,1,9-11H2,2-4H3,(H2,18,19,20). The van der Waals surface area contributed by atoms with Crippen molar-refractivity contribution in [2.45, 2.75) is 13.5 Å². The summed E-state index contributed by atoms with van der Waals surface area (Å²) in [5.74, 6) is 0.528. The molecular formula is C16H23ClN4O. The Morgan fingerprint density at radius 1 is 1.27 bits per heavy atom. The average molecular weight is 323 g/mol. The smallest absolute Gasteiger partial charge is 0.241 e. The first-order chi connectivity index (χ1) is 10.4. The Morgan fingerprint density at radius 2 is 1.91 bits per heavy atom. The third-order valence-corrected chi connectivity index (χ3v) is 3.20. The number of halogens is 1. The third-order valence-electron chi connectivity index (χ3n) is 2.83. The molecule has 22 heavy (non-hydrogen) atoms. The van der Waals surface area contributed by atoms with Crippen molar-refractivity contribution in [1.82, 2.24) is 15.5 Å². The molecule has 0 aliphatic carbocycles. The molecule has 0 aliphatic heterocycles. The summed E-state index contributed by atoms with van der Waals surface area (Å²) < 4.78 is 0. The van der Waals surface area contributed by atoms with E-state index in [1.165, 1.54) is 4.90 Å². The van der Waals surface area contributed by atoms with E-state index in [-0.39, 0.29) is 12.5 Å². The molecule has 1 aromatic rings. The first-order valence-corrected chi connectivity index (χ1v) is 7.38. The van der Waals surface area contributed by atoms with Gasteiger partial charge in [-0.15, -0.1) is 0 Å². The molecule has 6 heteroatoms. The Bertz CT molecular complexity index is 555. The number of guanidine groups is 1. The van der Waals surface area contributed by atoms with Gasteiger partial charge in [0.25, 0.3) is 0 Å². The number of aliphatic imine (C=N–C) groups is 1. The number of hydrogen-bond donors (Lipinski definition) is 2. The second-order valence-corrected chi connectivity index (χ2v) is 5.62. The molecule has 0 aromatic heterocycles. The van der Waals surface area contributed by atoms with Crippen LogP contribution in [0, 0.1) is 0 Å². The van der Waals surface area contributed by atoms with Crippen molar-refractivity contribution in [1.29, 1.82) is 0 Å². The van der Waals surface area contributed by atoms with Gasteiger partial charge in [-0.1, -0.05) is 42.0 Å². The van der Waals surface area contributed by atoms with E-state index in [2.05, 4.69) is 22.2 Å². The van der Waals surface area contributed by atoms with Crippen molar-refractivity contribution in [3.63, 3.8) is 0 Å². The zero-order valence-corrected chi connectivity index (χ0v) is 14.1. The topological polar surface area (TPSA) is 56.7 Å². The predicted octanol–water partition coefficient (Wildman–Crippen LogP) is 2.04. The van der Waals surface area contributed by atoms with Crippen LogP contribution in [0.3, 0.4) is 0 Å². The first-order valence-electron chi connectivity index (χ1n) is 7.00. The van der Waals surface area contributed by atoms with Crippen molar-refractivity contribution < 1.29 is 4.79 Å². The maximum atomic E-state index is 11.7. The van der Waals surface area contributed by atoms with Crippen LogP contribution in [0.1, 0.15) is 12.5 Å². The third kappa shape index (κ3) is 6.63. The highest BCUT2D eigenvalue weighted by Crippen LogP contribution is 2.15. The number of nitrogens with zero attached hydrogens (tertiary/aromatic N) is 2. The molecule has 5 nitrogen and oxygen atoms in total. The van der Waals surface area contributed by atoms with Gasteiger partial charge in [0, 0.05) is 25.7 Å². The summed E-state index contributed by atoms with van der Waals surface area (Å²) in [6.07, 6.45) is 0. The van der Waals surface area contributed by atoms with Crippen molar-refractivity contribution in [3.05, 3.63) is 47.0 Å². The quantitative estimate of drug-likeness (QED) is 0.479.